The van der Waals surface area contributed by atoms with Gasteiger partial charge in [-0.05, 0) is 41.1 Å². The molecule has 0 aliphatic rings. The maximum Gasteiger partial charge on any atom is 0.327 e. The molecule has 0 atom stereocenters. The lowest BCUT2D eigenvalue weighted by Crippen LogP contribution is -2.27. The van der Waals surface area contributed by atoms with Crippen molar-refractivity contribution in [3.8, 4) is 0 Å². The van der Waals surface area contributed by atoms with Crippen LogP contribution >= 0.6 is 15.9 Å². The normalized spacial score (nSPS) is 10.2. The number of ether oxygens (including phenoxy) is 1. The van der Waals surface area contributed by atoms with Gasteiger partial charge in [0.15, 0.2) is 5.82 Å². The van der Waals surface area contributed by atoms with Gasteiger partial charge in [-0.25, -0.2) is 4.68 Å². The molecule has 0 saturated heterocycles. The smallest absolute Gasteiger partial charge is 0.327 e. The summed E-state index contributed by atoms with van der Waals surface area (Å²) in [6.45, 7) is 1.76. The summed E-state index contributed by atoms with van der Waals surface area (Å²) in [7, 11) is 0. The Morgan fingerprint density at radius 3 is 2.81 bits per heavy atom. The lowest BCUT2D eigenvalue weighted by atomic mass is 10.3. The first-order valence-corrected chi connectivity index (χ1v) is 7.15. The number of hydrogen-bond acceptors (Lipinski definition) is 5. The number of para-hydroxylation sites is 1. The molecule has 0 aliphatic carbocycles. The van der Waals surface area contributed by atoms with Crippen LogP contribution in [-0.4, -0.2) is 22.4 Å². The molecule has 1 aromatic heterocycles. The maximum absolute atomic E-state index is 11.7. The zero-order chi connectivity index (χ0) is 15.2. The van der Waals surface area contributed by atoms with E-state index in [-0.39, 0.29) is 18.7 Å². The highest BCUT2D eigenvalue weighted by molar-refractivity contribution is 9.10. The summed E-state index contributed by atoms with van der Waals surface area (Å²) in [4.78, 5) is 23.1. The first-order chi connectivity index (χ1) is 10.1. The van der Waals surface area contributed by atoms with Gasteiger partial charge in [-0.1, -0.05) is 12.1 Å². The molecule has 0 saturated carbocycles. The Kier molecular flexibility index (Phi) is 5.10. The second-order valence-electron chi connectivity index (χ2n) is 4.12. The molecule has 0 bridgehead atoms. The summed E-state index contributed by atoms with van der Waals surface area (Å²) in [6.07, 6.45) is 0. The number of aromatic nitrogens is 2. The third-order valence-electron chi connectivity index (χ3n) is 2.59. The number of hydrogen-bond donors (Lipinski definition) is 1. The molecule has 0 unspecified atom stereocenters. The molecular weight excluding hydrogens is 338 g/mol. The topological polar surface area (TPSA) is 73.2 Å². The molecule has 0 fully saturated rings. The van der Waals surface area contributed by atoms with E-state index < -0.39 is 5.97 Å². The van der Waals surface area contributed by atoms with Crippen LogP contribution in [0.4, 0.5) is 11.5 Å². The Bertz CT molecular complexity index is 700. The number of nitrogens with one attached hydrogen (secondary N) is 1. The molecule has 1 aromatic carbocycles. The van der Waals surface area contributed by atoms with E-state index in [1.807, 2.05) is 24.3 Å². The van der Waals surface area contributed by atoms with Gasteiger partial charge in [0, 0.05) is 10.5 Å². The molecule has 2 aromatic rings. The summed E-state index contributed by atoms with van der Waals surface area (Å²) in [6, 6.07) is 10.4. The van der Waals surface area contributed by atoms with Crippen LogP contribution in [0.3, 0.4) is 0 Å². The zero-order valence-corrected chi connectivity index (χ0v) is 13.0. The summed E-state index contributed by atoms with van der Waals surface area (Å²) < 4.78 is 6.75. The minimum absolute atomic E-state index is 0.210. The molecule has 1 N–H and O–H groups in total. The minimum Gasteiger partial charge on any atom is -0.465 e. The highest BCUT2D eigenvalue weighted by Crippen LogP contribution is 2.23. The van der Waals surface area contributed by atoms with Gasteiger partial charge in [0.05, 0.1) is 12.3 Å². The maximum atomic E-state index is 11.7. The van der Waals surface area contributed by atoms with E-state index in [0.29, 0.717) is 5.82 Å². The number of halogens is 1. The summed E-state index contributed by atoms with van der Waals surface area (Å²) in [5, 5.41) is 7.18. The van der Waals surface area contributed by atoms with Gasteiger partial charge in [0.25, 0.3) is 5.56 Å². The lowest BCUT2D eigenvalue weighted by Gasteiger charge is -2.09. The number of benzene rings is 1. The van der Waals surface area contributed by atoms with E-state index >= 15 is 0 Å². The molecule has 1 heterocycles. The molecular formula is C14H14BrN3O3. The monoisotopic (exact) mass is 351 g/mol. The number of esters is 1. The van der Waals surface area contributed by atoms with E-state index in [2.05, 4.69) is 26.3 Å². The van der Waals surface area contributed by atoms with Crippen LogP contribution in [0.15, 0.2) is 45.7 Å². The Morgan fingerprint density at radius 1 is 1.33 bits per heavy atom. The number of anilines is 2. The van der Waals surface area contributed by atoms with Crippen LogP contribution in [0, 0.1) is 0 Å². The lowest BCUT2D eigenvalue weighted by molar-refractivity contribution is -0.144. The molecule has 110 valence electrons. The Morgan fingerprint density at radius 2 is 2.10 bits per heavy atom. The van der Waals surface area contributed by atoms with Crippen LogP contribution in [0.25, 0.3) is 0 Å². The fraction of sp³-hybridized carbons (Fsp3) is 0.214. The summed E-state index contributed by atoms with van der Waals surface area (Å²) in [5.74, 6) is -0.0315. The third-order valence-corrected chi connectivity index (χ3v) is 3.28. The van der Waals surface area contributed by atoms with Crippen molar-refractivity contribution in [2.75, 3.05) is 11.9 Å². The Hall–Kier alpha value is -2.15. The first kappa shape index (κ1) is 15.2. The predicted octanol–water partition coefficient (Wildman–Crippen LogP) is 2.31. The number of carbonyl (C=O) groups excluding carboxylic acids is 1. The Labute approximate surface area is 129 Å². The molecule has 6 nitrogen and oxygen atoms in total. The van der Waals surface area contributed by atoms with Gasteiger partial charge in [-0.2, -0.15) is 5.10 Å². The van der Waals surface area contributed by atoms with Crippen LogP contribution in [0.5, 0.6) is 0 Å². The average molecular weight is 352 g/mol. The van der Waals surface area contributed by atoms with E-state index in [1.165, 1.54) is 6.07 Å². The van der Waals surface area contributed by atoms with Crippen molar-refractivity contribution in [2.45, 2.75) is 13.5 Å². The van der Waals surface area contributed by atoms with Crippen molar-refractivity contribution < 1.29 is 9.53 Å². The van der Waals surface area contributed by atoms with Gasteiger partial charge >= 0.3 is 5.97 Å². The SMILES string of the molecule is CCOC(=O)Cn1nc(Nc2ccccc2Br)ccc1=O. The van der Waals surface area contributed by atoms with Gasteiger partial charge < -0.3 is 10.1 Å². The van der Waals surface area contributed by atoms with Crippen molar-refractivity contribution in [3.05, 3.63) is 51.2 Å². The van der Waals surface area contributed by atoms with Gasteiger partial charge in [-0.3, -0.25) is 9.59 Å². The standard InChI is InChI=1S/C14H14BrN3O3/c1-2-21-14(20)9-18-13(19)8-7-12(17-18)16-11-6-4-3-5-10(11)15/h3-8H,2,9H2,1H3,(H,16,17). The van der Waals surface area contributed by atoms with Crippen LogP contribution in [0.1, 0.15) is 6.92 Å². The third kappa shape index (κ3) is 4.16. The molecule has 0 spiro atoms. The fourth-order valence-corrected chi connectivity index (χ4v) is 2.04. The van der Waals surface area contributed by atoms with Crippen molar-refractivity contribution in [1.82, 2.24) is 9.78 Å². The van der Waals surface area contributed by atoms with Crippen LogP contribution in [-0.2, 0) is 16.1 Å². The first-order valence-electron chi connectivity index (χ1n) is 6.35. The van der Waals surface area contributed by atoms with Crippen molar-refractivity contribution in [1.29, 1.82) is 0 Å². The molecule has 2 rings (SSSR count). The highest BCUT2D eigenvalue weighted by atomic mass is 79.9. The second-order valence-corrected chi connectivity index (χ2v) is 4.98. The number of nitrogens with zero attached hydrogens (tertiary/aromatic N) is 2. The number of rotatable bonds is 5. The van der Waals surface area contributed by atoms with E-state index in [9.17, 15) is 9.59 Å². The molecule has 0 radical (unpaired) electrons. The van der Waals surface area contributed by atoms with Crippen molar-refractivity contribution in [2.24, 2.45) is 0 Å². The molecule has 21 heavy (non-hydrogen) atoms. The van der Waals surface area contributed by atoms with E-state index in [1.54, 1.807) is 13.0 Å². The fourth-order valence-electron chi connectivity index (χ4n) is 1.66. The van der Waals surface area contributed by atoms with E-state index in [0.717, 1.165) is 14.8 Å². The molecule has 7 heteroatoms. The predicted molar refractivity (Wildman–Crippen MR) is 82.6 cm³/mol. The van der Waals surface area contributed by atoms with Gasteiger partial charge in [-0.15, -0.1) is 0 Å². The number of carbonyl (C=O) groups is 1. The van der Waals surface area contributed by atoms with Crippen LogP contribution in [0.2, 0.25) is 0 Å². The van der Waals surface area contributed by atoms with Crippen LogP contribution < -0.4 is 10.9 Å². The minimum atomic E-state index is -0.495. The molecule has 0 amide bonds. The summed E-state index contributed by atoms with van der Waals surface area (Å²) in [5.41, 5.74) is 0.451. The second kappa shape index (κ2) is 7.03. The summed E-state index contributed by atoms with van der Waals surface area (Å²) >= 11 is 3.41. The average Bonchev–Trinajstić information content (AvgIpc) is 2.45. The van der Waals surface area contributed by atoms with Crippen molar-refractivity contribution in [3.63, 3.8) is 0 Å². The zero-order valence-electron chi connectivity index (χ0n) is 11.4. The van der Waals surface area contributed by atoms with Gasteiger partial charge in [0.2, 0.25) is 0 Å². The quantitative estimate of drug-likeness (QED) is 0.836. The highest BCUT2D eigenvalue weighted by Gasteiger charge is 2.08. The van der Waals surface area contributed by atoms with Crippen molar-refractivity contribution >= 4 is 33.4 Å². The largest absolute Gasteiger partial charge is 0.465 e. The molecule has 0 aliphatic heterocycles. The Balaban J connectivity index is 2.21. The van der Waals surface area contributed by atoms with Gasteiger partial charge in [0.1, 0.15) is 6.54 Å². The van der Waals surface area contributed by atoms with E-state index in [4.69, 9.17) is 4.74 Å².